The number of anilines is 1. The Bertz CT molecular complexity index is 688. The molecule has 1 aliphatic rings. The maximum atomic E-state index is 12.7. The van der Waals surface area contributed by atoms with Crippen molar-refractivity contribution in [1.82, 2.24) is 15.5 Å². The molecule has 0 aliphatic carbocycles. The normalized spacial score (nSPS) is 20.1. The molecule has 5 N–H and O–H groups in total. The monoisotopic (exact) mass is 400 g/mol. The van der Waals surface area contributed by atoms with Crippen LogP contribution in [-0.2, 0) is 4.74 Å². The van der Waals surface area contributed by atoms with Crippen LogP contribution in [0.2, 0.25) is 5.02 Å². The van der Waals surface area contributed by atoms with Crippen LogP contribution in [0.3, 0.4) is 0 Å². The molecule has 0 bridgehead atoms. The molecule has 1 aromatic carbocycles. The number of nitrogens with two attached hydrogens (primary N) is 1. The van der Waals surface area contributed by atoms with Crippen molar-refractivity contribution in [3.8, 4) is 5.75 Å². The molecule has 0 aromatic heterocycles. The van der Waals surface area contributed by atoms with Crippen molar-refractivity contribution in [2.75, 3.05) is 46.1 Å². The van der Waals surface area contributed by atoms with Gasteiger partial charge in [0.05, 0.1) is 35.5 Å². The molecule has 0 radical (unpaired) electrons. The van der Waals surface area contributed by atoms with Gasteiger partial charge in [-0.25, -0.2) is 4.79 Å². The molecule has 150 valence electrons. The minimum absolute atomic E-state index is 0.188. The zero-order valence-corrected chi connectivity index (χ0v) is 16.1. The van der Waals surface area contributed by atoms with Gasteiger partial charge in [0.15, 0.2) is 0 Å². The van der Waals surface area contributed by atoms with Crippen molar-refractivity contribution in [3.63, 3.8) is 0 Å². The third-order valence-electron chi connectivity index (χ3n) is 4.53. The molecule has 1 aromatic rings. The van der Waals surface area contributed by atoms with Gasteiger partial charge in [0.25, 0.3) is 5.91 Å². The highest BCUT2D eigenvalue weighted by molar-refractivity contribution is 6.33. The Hall–Kier alpha value is -2.23. The predicted octanol–water partition coefficient (Wildman–Crippen LogP) is 1.02. The number of ether oxygens (including phenoxy) is 2. The largest absolute Gasteiger partial charge is 0.496 e. The van der Waals surface area contributed by atoms with E-state index in [4.69, 9.17) is 31.9 Å². The molecule has 9 nitrogen and oxygen atoms in total. The summed E-state index contributed by atoms with van der Waals surface area (Å²) >= 11 is 6.04. The number of benzene rings is 1. The molecule has 0 saturated carbocycles. The number of hydrogen-bond donors (Lipinski definition) is 4. The molecule has 2 unspecified atom stereocenters. The summed E-state index contributed by atoms with van der Waals surface area (Å²) in [5.74, 6) is 0.0299. The number of methoxy groups -OCH3 is 2. The number of nitrogen functional groups attached to an aromatic ring is 1. The maximum Gasteiger partial charge on any atom is 0.404 e. The lowest BCUT2D eigenvalue weighted by Crippen LogP contribution is -2.55. The van der Waals surface area contributed by atoms with E-state index in [1.54, 1.807) is 7.11 Å². The average molecular weight is 401 g/mol. The SMILES string of the molecule is COc1cc(N)c(Cl)cc1C(=O)NC1CCN(CCNC(=O)O)CC1OC. The van der Waals surface area contributed by atoms with Crippen LogP contribution in [0.1, 0.15) is 16.8 Å². The summed E-state index contributed by atoms with van der Waals surface area (Å²) in [6.45, 7) is 2.21. The van der Waals surface area contributed by atoms with Gasteiger partial charge in [-0.15, -0.1) is 0 Å². The Morgan fingerprint density at radius 1 is 1.41 bits per heavy atom. The van der Waals surface area contributed by atoms with E-state index < -0.39 is 6.09 Å². The summed E-state index contributed by atoms with van der Waals surface area (Å²) in [7, 11) is 3.05. The highest BCUT2D eigenvalue weighted by Crippen LogP contribution is 2.29. The minimum atomic E-state index is -1.04. The van der Waals surface area contributed by atoms with Crippen LogP contribution in [0.15, 0.2) is 12.1 Å². The van der Waals surface area contributed by atoms with Crippen LogP contribution in [0.25, 0.3) is 0 Å². The van der Waals surface area contributed by atoms with Gasteiger partial charge in [0.1, 0.15) is 5.75 Å². The first-order chi connectivity index (χ1) is 12.8. The zero-order chi connectivity index (χ0) is 20.0. The van der Waals surface area contributed by atoms with E-state index in [0.717, 1.165) is 0 Å². The molecule has 1 heterocycles. The van der Waals surface area contributed by atoms with Gasteiger partial charge in [-0.2, -0.15) is 0 Å². The second-order valence-corrected chi connectivity index (χ2v) is 6.66. The number of likely N-dealkylation sites (tertiary alicyclic amines) is 1. The fourth-order valence-corrected chi connectivity index (χ4v) is 3.23. The third kappa shape index (κ3) is 5.62. The van der Waals surface area contributed by atoms with Crippen LogP contribution in [0, 0.1) is 0 Å². The van der Waals surface area contributed by atoms with Crippen LogP contribution in [0.4, 0.5) is 10.5 Å². The summed E-state index contributed by atoms with van der Waals surface area (Å²) in [4.78, 5) is 25.3. The average Bonchev–Trinajstić information content (AvgIpc) is 2.64. The van der Waals surface area contributed by atoms with Gasteiger partial charge in [-0.3, -0.25) is 9.69 Å². The lowest BCUT2D eigenvalue weighted by atomic mass is 10.0. The Balaban J connectivity index is 2.00. The summed E-state index contributed by atoms with van der Waals surface area (Å²) in [5, 5.41) is 14.2. The molecular weight excluding hydrogens is 376 g/mol. The van der Waals surface area contributed by atoms with Gasteiger partial charge >= 0.3 is 6.09 Å². The fraction of sp³-hybridized carbons (Fsp3) is 0.529. The number of hydrogen-bond acceptors (Lipinski definition) is 6. The number of carbonyl (C=O) groups excluding carboxylic acids is 1. The number of nitrogens with one attached hydrogen (secondary N) is 2. The maximum absolute atomic E-state index is 12.7. The molecule has 2 atom stereocenters. The van der Waals surface area contributed by atoms with E-state index in [1.165, 1.54) is 19.2 Å². The van der Waals surface area contributed by atoms with E-state index in [2.05, 4.69) is 15.5 Å². The first-order valence-corrected chi connectivity index (χ1v) is 8.89. The highest BCUT2D eigenvalue weighted by atomic mass is 35.5. The second kappa shape index (κ2) is 9.63. The van der Waals surface area contributed by atoms with E-state index in [9.17, 15) is 9.59 Å². The van der Waals surface area contributed by atoms with Crippen LogP contribution in [0.5, 0.6) is 5.75 Å². The Morgan fingerprint density at radius 3 is 2.78 bits per heavy atom. The van der Waals surface area contributed by atoms with Gasteiger partial charge < -0.3 is 30.9 Å². The molecule has 27 heavy (non-hydrogen) atoms. The number of piperidine rings is 1. The number of amides is 2. The standard InChI is InChI=1S/C17H25ClN4O5/c1-26-14-8-12(19)11(18)7-10(14)16(23)21-13-3-5-22(9-15(13)27-2)6-4-20-17(24)25/h7-8,13,15,20H,3-6,9,19H2,1-2H3,(H,21,23)(H,24,25). The molecule has 10 heteroatoms. The summed E-state index contributed by atoms with van der Waals surface area (Å²) < 4.78 is 10.8. The third-order valence-corrected chi connectivity index (χ3v) is 4.86. The summed E-state index contributed by atoms with van der Waals surface area (Å²) in [6.07, 6.45) is -0.596. The van der Waals surface area contributed by atoms with Crippen molar-refractivity contribution in [2.45, 2.75) is 18.6 Å². The zero-order valence-electron chi connectivity index (χ0n) is 15.3. The number of carboxylic acid groups (broad SMARTS) is 1. The lowest BCUT2D eigenvalue weighted by Gasteiger charge is -2.38. The predicted molar refractivity (Wildman–Crippen MR) is 102 cm³/mol. The van der Waals surface area contributed by atoms with Crippen molar-refractivity contribution < 1.29 is 24.2 Å². The topological polar surface area (TPSA) is 126 Å². The van der Waals surface area contributed by atoms with Crippen molar-refractivity contribution in [2.24, 2.45) is 0 Å². The van der Waals surface area contributed by atoms with Crippen molar-refractivity contribution >= 4 is 29.3 Å². The number of nitrogens with zero attached hydrogens (tertiary/aromatic N) is 1. The summed E-state index contributed by atoms with van der Waals surface area (Å²) in [6, 6.07) is 2.81. The lowest BCUT2D eigenvalue weighted by molar-refractivity contribution is 0.00685. The van der Waals surface area contributed by atoms with E-state index in [-0.39, 0.29) is 23.1 Å². The second-order valence-electron chi connectivity index (χ2n) is 6.25. The number of rotatable bonds is 7. The van der Waals surface area contributed by atoms with Gasteiger partial charge in [-0.1, -0.05) is 11.6 Å². The Kier molecular flexibility index (Phi) is 7.52. The minimum Gasteiger partial charge on any atom is -0.496 e. The first-order valence-electron chi connectivity index (χ1n) is 8.51. The highest BCUT2D eigenvalue weighted by Gasteiger charge is 2.31. The van der Waals surface area contributed by atoms with Gasteiger partial charge in [0.2, 0.25) is 0 Å². The van der Waals surface area contributed by atoms with Crippen molar-refractivity contribution in [1.29, 1.82) is 0 Å². The first kappa shape index (κ1) is 21.1. The number of carbonyl (C=O) groups is 2. The molecule has 1 saturated heterocycles. The fourth-order valence-electron chi connectivity index (χ4n) is 3.07. The molecule has 2 rings (SSSR count). The van der Waals surface area contributed by atoms with Crippen LogP contribution < -0.4 is 21.1 Å². The quantitative estimate of drug-likeness (QED) is 0.503. The molecular formula is C17H25ClN4O5. The Labute approximate surface area is 162 Å². The van der Waals surface area contributed by atoms with Crippen molar-refractivity contribution in [3.05, 3.63) is 22.7 Å². The van der Waals surface area contributed by atoms with Gasteiger partial charge in [-0.05, 0) is 12.5 Å². The smallest absolute Gasteiger partial charge is 0.404 e. The number of halogens is 1. The molecule has 1 aliphatic heterocycles. The van der Waals surface area contributed by atoms with Crippen LogP contribution in [-0.4, -0.2) is 74.6 Å². The van der Waals surface area contributed by atoms with Gasteiger partial charge in [0, 0.05) is 39.4 Å². The Morgan fingerprint density at radius 2 is 2.15 bits per heavy atom. The van der Waals surface area contributed by atoms with E-state index >= 15 is 0 Å². The van der Waals surface area contributed by atoms with Crippen LogP contribution >= 0.6 is 11.6 Å². The molecule has 1 fully saturated rings. The molecule has 2 amide bonds. The van der Waals surface area contributed by atoms with E-state index in [0.29, 0.717) is 49.6 Å². The molecule has 0 spiro atoms. The van der Waals surface area contributed by atoms with E-state index in [1.807, 2.05) is 0 Å². The summed E-state index contributed by atoms with van der Waals surface area (Å²) in [5.41, 5.74) is 6.40.